The van der Waals surface area contributed by atoms with Crippen molar-refractivity contribution in [1.29, 1.82) is 0 Å². The Kier molecular flexibility index (Phi) is 7.11. The van der Waals surface area contributed by atoms with Crippen molar-refractivity contribution in [3.63, 3.8) is 0 Å². The van der Waals surface area contributed by atoms with Gasteiger partial charge in [0.1, 0.15) is 30.5 Å². The Bertz CT molecular complexity index is 941. The lowest BCUT2D eigenvalue weighted by Gasteiger charge is -2.12. The number of benzene rings is 3. The van der Waals surface area contributed by atoms with Crippen LogP contribution in [0.1, 0.15) is 11.1 Å². The van der Waals surface area contributed by atoms with Crippen LogP contribution in [0.15, 0.2) is 72.8 Å². The number of carbonyl (C=O) groups excluding carboxylic acids is 1. The molecule has 3 aromatic carbocycles. The van der Waals surface area contributed by atoms with Crippen molar-refractivity contribution in [3.8, 4) is 17.2 Å². The Hall–Kier alpha value is -3.47. The number of hydrogen-bond donors (Lipinski definition) is 1. The van der Waals surface area contributed by atoms with Crippen LogP contribution in [0.4, 0.5) is 5.69 Å². The third kappa shape index (κ3) is 6.28. The maximum Gasteiger partial charge on any atom is 0.262 e. The minimum atomic E-state index is -0.226. The summed E-state index contributed by atoms with van der Waals surface area (Å²) in [5.41, 5.74) is 2.82. The van der Waals surface area contributed by atoms with Gasteiger partial charge in [0.2, 0.25) is 0 Å². The molecule has 0 saturated carbocycles. The summed E-state index contributed by atoms with van der Waals surface area (Å²) in [6.45, 7) is 4.77. The van der Waals surface area contributed by atoms with Crippen molar-refractivity contribution in [2.45, 2.75) is 13.8 Å². The van der Waals surface area contributed by atoms with Crippen molar-refractivity contribution in [3.05, 3.63) is 83.9 Å². The molecular weight excluding hydrogens is 366 g/mol. The molecule has 0 radical (unpaired) electrons. The van der Waals surface area contributed by atoms with Gasteiger partial charge in [-0.05, 0) is 55.3 Å². The fourth-order valence-electron chi connectivity index (χ4n) is 2.72. The van der Waals surface area contributed by atoms with Crippen LogP contribution in [-0.4, -0.2) is 25.7 Å². The van der Waals surface area contributed by atoms with E-state index in [0.29, 0.717) is 24.7 Å². The smallest absolute Gasteiger partial charge is 0.262 e. The summed E-state index contributed by atoms with van der Waals surface area (Å²) in [6.07, 6.45) is 0. The topological polar surface area (TPSA) is 56.8 Å². The van der Waals surface area contributed by atoms with Gasteiger partial charge in [0.25, 0.3) is 5.91 Å². The largest absolute Gasteiger partial charge is 0.490 e. The maximum atomic E-state index is 12.2. The summed E-state index contributed by atoms with van der Waals surface area (Å²) in [4.78, 5) is 12.2. The normalized spacial score (nSPS) is 10.3. The number of aryl methyl sites for hydroxylation is 1. The molecule has 1 amide bonds. The molecule has 0 bridgehead atoms. The van der Waals surface area contributed by atoms with Crippen LogP contribution in [0.5, 0.6) is 17.2 Å². The fourth-order valence-corrected chi connectivity index (χ4v) is 2.72. The molecule has 0 aliphatic carbocycles. The Morgan fingerprint density at radius 1 is 0.793 bits per heavy atom. The number of amides is 1. The first-order chi connectivity index (χ1) is 14.1. The zero-order valence-electron chi connectivity index (χ0n) is 16.7. The van der Waals surface area contributed by atoms with Crippen molar-refractivity contribution >= 4 is 11.6 Å². The van der Waals surface area contributed by atoms with E-state index in [1.54, 1.807) is 6.07 Å². The molecule has 0 saturated heterocycles. The SMILES string of the molecule is Cc1cccc(OCC(=O)Nc2cccc(OCCOc3ccccc3)c2)c1C. The Morgan fingerprint density at radius 2 is 1.48 bits per heavy atom. The van der Waals surface area contributed by atoms with Crippen LogP contribution in [0, 0.1) is 13.8 Å². The summed E-state index contributed by atoms with van der Waals surface area (Å²) in [5, 5.41) is 2.83. The van der Waals surface area contributed by atoms with E-state index in [0.717, 1.165) is 22.6 Å². The second-order valence-electron chi connectivity index (χ2n) is 6.57. The van der Waals surface area contributed by atoms with Crippen LogP contribution in [0.25, 0.3) is 0 Å². The first-order valence-electron chi connectivity index (χ1n) is 9.51. The molecule has 0 aromatic heterocycles. The second-order valence-corrected chi connectivity index (χ2v) is 6.57. The second kappa shape index (κ2) is 10.2. The van der Waals surface area contributed by atoms with Gasteiger partial charge in [0.05, 0.1) is 0 Å². The van der Waals surface area contributed by atoms with E-state index >= 15 is 0 Å². The van der Waals surface area contributed by atoms with Gasteiger partial charge in [-0.3, -0.25) is 4.79 Å². The average molecular weight is 391 g/mol. The lowest BCUT2D eigenvalue weighted by atomic mass is 10.1. The standard InChI is InChI=1S/C24H25NO4/c1-18-8-6-13-23(19(18)2)29-17-24(26)25-20-9-7-12-22(16-20)28-15-14-27-21-10-4-3-5-11-21/h3-13,16H,14-15,17H2,1-2H3,(H,25,26). The zero-order chi connectivity index (χ0) is 20.5. The lowest BCUT2D eigenvalue weighted by Crippen LogP contribution is -2.20. The molecule has 0 aliphatic rings. The number of anilines is 1. The quantitative estimate of drug-likeness (QED) is 0.534. The monoisotopic (exact) mass is 391 g/mol. The van der Waals surface area contributed by atoms with E-state index in [2.05, 4.69) is 5.32 Å². The molecule has 3 aromatic rings. The van der Waals surface area contributed by atoms with Gasteiger partial charge in [0.15, 0.2) is 6.61 Å². The minimum absolute atomic E-state index is 0.0553. The first kappa shape index (κ1) is 20.3. The molecule has 5 heteroatoms. The Balaban J connectivity index is 1.45. The minimum Gasteiger partial charge on any atom is -0.490 e. The number of para-hydroxylation sites is 1. The van der Waals surface area contributed by atoms with Gasteiger partial charge in [-0.1, -0.05) is 36.4 Å². The van der Waals surface area contributed by atoms with Crippen molar-refractivity contribution in [1.82, 2.24) is 0 Å². The van der Waals surface area contributed by atoms with Gasteiger partial charge >= 0.3 is 0 Å². The number of hydrogen-bond acceptors (Lipinski definition) is 4. The van der Waals surface area contributed by atoms with E-state index in [9.17, 15) is 4.79 Å². The summed E-state index contributed by atoms with van der Waals surface area (Å²) in [7, 11) is 0. The van der Waals surface area contributed by atoms with E-state index in [1.165, 1.54) is 0 Å². The maximum absolute atomic E-state index is 12.2. The van der Waals surface area contributed by atoms with Gasteiger partial charge in [-0.15, -0.1) is 0 Å². The van der Waals surface area contributed by atoms with Crippen LogP contribution in [-0.2, 0) is 4.79 Å². The molecule has 29 heavy (non-hydrogen) atoms. The highest BCUT2D eigenvalue weighted by Crippen LogP contribution is 2.21. The summed E-state index contributed by atoms with van der Waals surface area (Å²) >= 11 is 0. The van der Waals surface area contributed by atoms with E-state index in [-0.39, 0.29) is 12.5 Å². The number of nitrogens with one attached hydrogen (secondary N) is 1. The van der Waals surface area contributed by atoms with Crippen LogP contribution < -0.4 is 19.5 Å². The highest BCUT2D eigenvalue weighted by Gasteiger charge is 2.07. The molecular formula is C24H25NO4. The third-order valence-corrected chi connectivity index (χ3v) is 4.40. The van der Waals surface area contributed by atoms with Gasteiger partial charge in [-0.25, -0.2) is 0 Å². The molecule has 0 spiro atoms. The van der Waals surface area contributed by atoms with Gasteiger partial charge in [0, 0.05) is 11.8 Å². The van der Waals surface area contributed by atoms with Crippen LogP contribution >= 0.6 is 0 Å². The number of rotatable bonds is 9. The zero-order valence-corrected chi connectivity index (χ0v) is 16.7. The number of carbonyl (C=O) groups is 1. The van der Waals surface area contributed by atoms with E-state index in [4.69, 9.17) is 14.2 Å². The summed E-state index contributed by atoms with van der Waals surface area (Å²) in [5.74, 6) is 1.96. The fraction of sp³-hybridized carbons (Fsp3) is 0.208. The predicted octanol–water partition coefficient (Wildman–Crippen LogP) is 4.78. The molecule has 0 atom stereocenters. The van der Waals surface area contributed by atoms with Gasteiger partial charge < -0.3 is 19.5 Å². The lowest BCUT2D eigenvalue weighted by molar-refractivity contribution is -0.118. The van der Waals surface area contributed by atoms with Gasteiger partial charge in [-0.2, -0.15) is 0 Å². The molecule has 3 rings (SSSR count). The van der Waals surface area contributed by atoms with Crippen LogP contribution in [0.3, 0.4) is 0 Å². The van der Waals surface area contributed by atoms with E-state index < -0.39 is 0 Å². The predicted molar refractivity (Wildman–Crippen MR) is 114 cm³/mol. The molecule has 0 unspecified atom stereocenters. The van der Waals surface area contributed by atoms with Crippen molar-refractivity contribution < 1.29 is 19.0 Å². The molecule has 0 heterocycles. The first-order valence-corrected chi connectivity index (χ1v) is 9.51. The third-order valence-electron chi connectivity index (χ3n) is 4.40. The average Bonchev–Trinajstić information content (AvgIpc) is 2.73. The summed E-state index contributed by atoms with van der Waals surface area (Å²) in [6, 6.07) is 22.6. The highest BCUT2D eigenvalue weighted by molar-refractivity contribution is 5.92. The van der Waals surface area contributed by atoms with Crippen molar-refractivity contribution in [2.75, 3.05) is 25.1 Å². The summed E-state index contributed by atoms with van der Waals surface area (Å²) < 4.78 is 16.9. The molecule has 150 valence electrons. The Morgan fingerprint density at radius 3 is 2.28 bits per heavy atom. The number of ether oxygens (including phenoxy) is 3. The molecule has 0 fully saturated rings. The molecule has 1 N–H and O–H groups in total. The molecule has 5 nitrogen and oxygen atoms in total. The van der Waals surface area contributed by atoms with Crippen molar-refractivity contribution in [2.24, 2.45) is 0 Å². The van der Waals surface area contributed by atoms with Crippen LogP contribution in [0.2, 0.25) is 0 Å². The Labute approximate surface area is 171 Å². The molecule has 0 aliphatic heterocycles. The highest BCUT2D eigenvalue weighted by atomic mass is 16.5. The van der Waals surface area contributed by atoms with E-state index in [1.807, 2.05) is 80.6 Å².